The summed E-state index contributed by atoms with van der Waals surface area (Å²) in [6.07, 6.45) is 2.21. The Morgan fingerprint density at radius 2 is 1.91 bits per heavy atom. The summed E-state index contributed by atoms with van der Waals surface area (Å²) >= 11 is 6.15. The van der Waals surface area contributed by atoms with Crippen LogP contribution in [0.4, 0.5) is 11.4 Å². The third-order valence-corrected chi connectivity index (χ3v) is 6.17. The molecule has 1 aliphatic heterocycles. The lowest BCUT2D eigenvalue weighted by atomic mass is 10.1. The van der Waals surface area contributed by atoms with Gasteiger partial charge in [-0.2, -0.15) is 5.10 Å². The summed E-state index contributed by atoms with van der Waals surface area (Å²) in [5.74, 6) is 2.33. The molecule has 182 valence electrons. The molecule has 4 rings (SSSR count). The van der Waals surface area contributed by atoms with Crippen molar-refractivity contribution in [3.63, 3.8) is 0 Å². The van der Waals surface area contributed by atoms with E-state index in [0.29, 0.717) is 0 Å². The number of aromatic nitrogens is 2. The maximum absolute atomic E-state index is 11.9. The minimum Gasteiger partial charge on any atom is -0.495 e. The molecule has 0 amide bonds. The van der Waals surface area contributed by atoms with Gasteiger partial charge in [0.25, 0.3) is 5.56 Å². The molecule has 3 aromatic rings. The molecule has 0 saturated carbocycles. The van der Waals surface area contributed by atoms with Crippen molar-refractivity contribution in [2.75, 3.05) is 43.3 Å². The van der Waals surface area contributed by atoms with Gasteiger partial charge in [0.15, 0.2) is 5.94 Å². The molecule has 0 spiro atoms. The van der Waals surface area contributed by atoms with Crippen molar-refractivity contribution in [2.24, 2.45) is 0 Å². The van der Waals surface area contributed by atoms with E-state index in [2.05, 4.69) is 44.3 Å². The number of nitrogens with one attached hydrogen (secondary N) is 1. The van der Waals surface area contributed by atoms with Crippen LogP contribution in [0.15, 0.2) is 65.8 Å². The van der Waals surface area contributed by atoms with E-state index >= 15 is 0 Å². The number of methoxy groups -OCH3 is 1. The minimum atomic E-state index is -0.559. The molecule has 9 nitrogen and oxygen atoms in total. The van der Waals surface area contributed by atoms with Crippen molar-refractivity contribution in [2.45, 2.75) is 13.1 Å². The number of H-pyrrole nitrogens is 1. The van der Waals surface area contributed by atoms with Crippen LogP contribution in [0.25, 0.3) is 0 Å². The lowest BCUT2D eigenvalue weighted by Gasteiger charge is -2.37. The van der Waals surface area contributed by atoms with Crippen LogP contribution < -0.4 is 20.3 Å². The molecular formula is C25H26ClN5O4. The summed E-state index contributed by atoms with van der Waals surface area (Å²) in [6.45, 7) is 4.68. The van der Waals surface area contributed by atoms with Gasteiger partial charge in [-0.25, -0.2) is 15.0 Å². The Morgan fingerprint density at radius 1 is 1.14 bits per heavy atom. The second-order valence-corrected chi connectivity index (χ2v) is 8.41. The molecule has 10 heteroatoms. The summed E-state index contributed by atoms with van der Waals surface area (Å²) in [7, 11) is 1.65. The van der Waals surface area contributed by atoms with Gasteiger partial charge in [-0.3, -0.25) is 9.69 Å². The van der Waals surface area contributed by atoms with Crippen LogP contribution in [0.2, 0.25) is 5.02 Å². The van der Waals surface area contributed by atoms with E-state index in [-0.39, 0.29) is 17.3 Å². The number of hydrogen-bond donors (Lipinski definition) is 1. The molecule has 1 N–H and O–H groups in total. The third kappa shape index (κ3) is 6.02. The number of aromatic amines is 1. The lowest BCUT2D eigenvalue weighted by Crippen LogP contribution is -2.46. The molecule has 1 aliphatic rings. The van der Waals surface area contributed by atoms with E-state index < -0.39 is 5.56 Å². The number of hydrogen-bond acceptors (Lipinski definition) is 8. The molecule has 2 heterocycles. The number of rotatable bonds is 9. The van der Waals surface area contributed by atoms with Gasteiger partial charge in [0.1, 0.15) is 16.5 Å². The quantitative estimate of drug-likeness (QED) is 0.275. The topological polar surface area (TPSA) is 91.0 Å². The van der Waals surface area contributed by atoms with Crippen molar-refractivity contribution in [1.29, 1.82) is 0 Å². The monoisotopic (exact) mass is 495 g/mol. The van der Waals surface area contributed by atoms with Crippen molar-refractivity contribution < 1.29 is 14.4 Å². The first-order valence-electron chi connectivity index (χ1n) is 11.1. The summed E-state index contributed by atoms with van der Waals surface area (Å²) in [5.41, 5.74) is 2.80. The van der Waals surface area contributed by atoms with Crippen LogP contribution in [0.1, 0.15) is 11.1 Å². The zero-order valence-electron chi connectivity index (χ0n) is 19.3. The van der Waals surface area contributed by atoms with Gasteiger partial charge in [0.2, 0.25) is 6.26 Å². The Bertz CT molecular complexity index is 1240. The molecule has 0 bridgehead atoms. The Labute approximate surface area is 208 Å². The second kappa shape index (κ2) is 11.6. The summed E-state index contributed by atoms with van der Waals surface area (Å²) < 4.78 is 5.63. The molecule has 35 heavy (non-hydrogen) atoms. The number of halogens is 1. The van der Waals surface area contributed by atoms with Crippen LogP contribution in [0.3, 0.4) is 0 Å². The van der Waals surface area contributed by atoms with E-state index in [1.807, 2.05) is 24.3 Å². The van der Waals surface area contributed by atoms with Crippen molar-refractivity contribution >= 4 is 28.9 Å². The van der Waals surface area contributed by atoms with Gasteiger partial charge in [-0.1, -0.05) is 48.0 Å². The van der Waals surface area contributed by atoms with Gasteiger partial charge in [-0.05, 0) is 23.3 Å². The Hall–Kier alpha value is -3.78. The Morgan fingerprint density at radius 3 is 2.63 bits per heavy atom. The van der Waals surface area contributed by atoms with E-state index in [4.69, 9.17) is 21.2 Å². The van der Waals surface area contributed by atoms with Gasteiger partial charge in [-0.15, -0.1) is 0 Å². The van der Waals surface area contributed by atoms with E-state index in [1.54, 1.807) is 13.1 Å². The molecular weight excluding hydrogens is 470 g/mol. The maximum Gasteiger partial charge on any atom is 0.285 e. The first-order valence-corrected chi connectivity index (χ1v) is 11.5. The number of piperazine rings is 1. The van der Waals surface area contributed by atoms with Crippen molar-refractivity contribution in [3.8, 4) is 5.75 Å². The molecule has 0 radical (unpaired) electrons. The smallest absolute Gasteiger partial charge is 0.285 e. The lowest BCUT2D eigenvalue weighted by molar-refractivity contribution is 0.212. The van der Waals surface area contributed by atoms with Crippen LogP contribution in [-0.4, -0.2) is 54.3 Å². The summed E-state index contributed by atoms with van der Waals surface area (Å²) in [6, 6.07) is 16.3. The van der Waals surface area contributed by atoms with Crippen LogP contribution in [0, 0.1) is 0 Å². The fourth-order valence-electron chi connectivity index (χ4n) is 4.05. The summed E-state index contributed by atoms with van der Waals surface area (Å²) in [4.78, 5) is 32.8. The van der Waals surface area contributed by atoms with Gasteiger partial charge in [0.05, 0.1) is 25.5 Å². The van der Waals surface area contributed by atoms with Gasteiger partial charge >= 0.3 is 0 Å². The van der Waals surface area contributed by atoms with Crippen LogP contribution >= 0.6 is 11.6 Å². The van der Waals surface area contributed by atoms with E-state index in [1.165, 1.54) is 16.8 Å². The number of carbonyl (C=O) groups excluding carboxylic acids is 1. The zero-order chi connectivity index (χ0) is 24.6. The van der Waals surface area contributed by atoms with Crippen molar-refractivity contribution in [1.82, 2.24) is 15.1 Å². The highest BCUT2D eigenvalue weighted by Crippen LogP contribution is 2.32. The summed E-state index contributed by atoms with van der Waals surface area (Å²) in [5, 5.41) is 7.27. The fraction of sp³-hybridized carbons (Fsp3) is 0.280. The third-order valence-electron chi connectivity index (χ3n) is 5.81. The van der Waals surface area contributed by atoms with E-state index in [9.17, 15) is 9.59 Å². The second-order valence-electron chi connectivity index (χ2n) is 8.03. The van der Waals surface area contributed by atoms with Gasteiger partial charge < -0.3 is 14.5 Å². The first kappa shape index (κ1) is 24.3. The highest BCUT2D eigenvalue weighted by molar-refractivity contribution is 6.32. The average molecular weight is 496 g/mol. The number of hydroxylamine groups is 1. The average Bonchev–Trinajstić information content (AvgIpc) is 2.89. The van der Waals surface area contributed by atoms with E-state index in [0.717, 1.165) is 56.0 Å². The first-order chi connectivity index (χ1) is 17.1. The van der Waals surface area contributed by atoms with Gasteiger partial charge in [0, 0.05) is 32.7 Å². The molecule has 1 fully saturated rings. The highest BCUT2D eigenvalue weighted by Gasteiger charge is 2.22. The predicted molar refractivity (Wildman–Crippen MR) is 134 cm³/mol. The zero-order valence-corrected chi connectivity index (χ0v) is 20.1. The predicted octanol–water partition coefficient (Wildman–Crippen LogP) is 3.04. The number of nitrogens with zero attached hydrogens (tertiary/aromatic N) is 4. The molecule has 0 atom stereocenters. The van der Waals surface area contributed by atoms with Crippen molar-refractivity contribution in [3.05, 3.63) is 87.5 Å². The number of anilines is 2. The normalized spacial score (nSPS) is 13.7. The minimum absolute atomic E-state index is 0.0948. The molecule has 0 aliphatic carbocycles. The highest BCUT2D eigenvalue weighted by atomic mass is 35.5. The Balaban J connectivity index is 1.51. The Kier molecular flexibility index (Phi) is 8.05. The number of ether oxygens (including phenoxy) is 1. The standard InChI is InChI=1S/C25H26ClN5O4/c1-34-23-8-7-20(18-31(35-14-13-32)22-16-27-28-25(33)24(22)26)15-21(23)30-11-9-29(10-12-30)17-19-5-3-2-4-6-19/h2-8,14-16H,9-12,17-18H2,1H3,(H,28,33). The molecule has 0 unspecified atom stereocenters. The molecule has 1 aromatic heterocycles. The maximum atomic E-state index is 11.9. The largest absolute Gasteiger partial charge is 0.495 e. The SMILES string of the molecule is COc1ccc(CN(OC=C=O)c2cn[nH]c(=O)c2Cl)cc1N1CCN(Cc2ccccc2)CC1. The van der Waals surface area contributed by atoms with Crippen LogP contribution in [-0.2, 0) is 22.7 Å². The number of benzene rings is 2. The fourth-order valence-corrected chi connectivity index (χ4v) is 4.23. The van der Waals surface area contributed by atoms with Crippen LogP contribution in [0.5, 0.6) is 5.75 Å². The molecule has 1 saturated heterocycles. The molecule has 2 aromatic carbocycles.